The van der Waals surface area contributed by atoms with Crippen LogP contribution >= 0.6 is 0 Å². The van der Waals surface area contributed by atoms with Crippen molar-refractivity contribution in [3.63, 3.8) is 0 Å². The van der Waals surface area contributed by atoms with Crippen LogP contribution in [0.5, 0.6) is 0 Å². The molecule has 6 heteroatoms. The standard InChI is InChI=1S/C16H28N4O2/c1-11(2)9-20-10-14(8-18-20)19-16(21)17-7-13-5-6-22-15(13)12(3)4/h8,10-13,15H,5-7,9H2,1-4H3,(H2,17,19,21)/t13-,15+/m1/s1. The Morgan fingerprint density at radius 3 is 2.91 bits per heavy atom. The number of carbonyl (C=O) groups excluding carboxylic acids is 1. The topological polar surface area (TPSA) is 68.2 Å². The Morgan fingerprint density at radius 2 is 2.23 bits per heavy atom. The lowest BCUT2D eigenvalue weighted by molar-refractivity contribution is 0.0546. The minimum absolute atomic E-state index is 0.182. The predicted molar refractivity (Wildman–Crippen MR) is 86.8 cm³/mol. The zero-order chi connectivity index (χ0) is 16.1. The molecule has 2 heterocycles. The SMILES string of the molecule is CC(C)Cn1cc(NC(=O)NC[C@H]2CCO[C@H]2C(C)C)cn1. The molecule has 124 valence electrons. The van der Waals surface area contributed by atoms with Gasteiger partial charge >= 0.3 is 6.03 Å². The first-order valence-electron chi connectivity index (χ1n) is 8.14. The molecule has 2 N–H and O–H groups in total. The number of carbonyl (C=O) groups is 1. The number of nitrogens with one attached hydrogen (secondary N) is 2. The van der Waals surface area contributed by atoms with E-state index in [4.69, 9.17) is 4.74 Å². The second-order valence-corrected chi connectivity index (χ2v) is 6.81. The van der Waals surface area contributed by atoms with Gasteiger partial charge in [0.1, 0.15) is 0 Å². The summed E-state index contributed by atoms with van der Waals surface area (Å²) < 4.78 is 7.58. The van der Waals surface area contributed by atoms with Crippen molar-refractivity contribution in [3.8, 4) is 0 Å². The maximum atomic E-state index is 12.0. The Balaban J connectivity index is 1.77. The highest BCUT2D eigenvalue weighted by Gasteiger charge is 2.30. The van der Waals surface area contributed by atoms with Crippen LogP contribution in [0.1, 0.15) is 34.1 Å². The predicted octanol–water partition coefficient (Wildman–Crippen LogP) is 2.72. The van der Waals surface area contributed by atoms with Crippen LogP contribution in [0.15, 0.2) is 12.4 Å². The molecule has 2 atom stereocenters. The van der Waals surface area contributed by atoms with E-state index in [1.807, 2.05) is 10.9 Å². The van der Waals surface area contributed by atoms with Gasteiger partial charge in [-0.2, -0.15) is 5.10 Å². The van der Waals surface area contributed by atoms with E-state index < -0.39 is 0 Å². The smallest absolute Gasteiger partial charge is 0.319 e. The van der Waals surface area contributed by atoms with Crippen LogP contribution in [0.3, 0.4) is 0 Å². The van der Waals surface area contributed by atoms with E-state index in [1.54, 1.807) is 6.20 Å². The van der Waals surface area contributed by atoms with Crippen LogP contribution < -0.4 is 10.6 Å². The quantitative estimate of drug-likeness (QED) is 0.849. The summed E-state index contributed by atoms with van der Waals surface area (Å²) in [6, 6.07) is -0.182. The van der Waals surface area contributed by atoms with Crippen LogP contribution in [0.4, 0.5) is 10.5 Å². The van der Waals surface area contributed by atoms with Gasteiger partial charge in [-0.25, -0.2) is 4.79 Å². The molecule has 22 heavy (non-hydrogen) atoms. The molecule has 1 fully saturated rings. The Morgan fingerprint density at radius 1 is 1.45 bits per heavy atom. The molecule has 1 aromatic rings. The number of hydrogen-bond donors (Lipinski definition) is 2. The van der Waals surface area contributed by atoms with Gasteiger partial charge in [0.25, 0.3) is 0 Å². The molecule has 6 nitrogen and oxygen atoms in total. The molecule has 2 amide bonds. The summed E-state index contributed by atoms with van der Waals surface area (Å²) in [5.74, 6) is 1.40. The third-order valence-electron chi connectivity index (χ3n) is 3.89. The average Bonchev–Trinajstić information content (AvgIpc) is 3.05. The van der Waals surface area contributed by atoms with Crippen LogP contribution in [-0.2, 0) is 11.3 Å². The maximum absolute atomic E-state index is 12.0. The van der Waals surface area contributed by atoms with Crippen LogP contribution in [0, 0.1) is 17.8 Å². The van der Waals surface area contributed by atoms with Crippen molar-refractivity contribution in [1.29, 1.82) is 0 Å². The molecule has 0 spiro atoms. The van der Waals surface area contributed by atoms with Gasteiger partial charge in [-0.1, -0.05) is 27.7 Å². The van der Waals surface area contributed by atoms with Crippen molar-refractivity contribution < 1.29 is 9.53 Å². The number of hydrogen-bond acceptors (Lipinski definition) is 3. The summed E-state index contributed by atoms with van der Waals surface area (Å²) in [6.07, 6.45) is 4.79. The summed E-state index contributed by atoms with van der Waals surface area (Å²) >= 11 is 0. The minimum Gasteiger partial charge on any atom is -0.378 e. The molecule has 0 saturated carbocycles. The molecule has 0 unspecified atom stereocenters. The first-order valence-corrected chi connectivity index (χ1v) is 8.14. The van der Waals surface area contributed by atoms with Crippen LogP contribution in [0.25, 0.3) is 0 Å². The fourth-order valence-corrected chi connectivity index (χ4v) is 2.91. The van der Waals surface area contributed by atoms with E-state index >= 15 is 0 Å². The highest BCUT2D eigenvalue weighted by Crippen LogP contribution is 2.26. The molecule has 1 saturated heterocycles. The van der Waals surface area contributed by atoms with E-state index in [-0.39, 0.29) is 12.1 Å². The second-order valence-electron chi connectivity index (χ2n) is 6.81. The molecular weight excluding hydrogens is 280 g/mol. The van der Waals surface area contributed by atoms with Crippen LogP contribution in [0.2, 0.25) is 0 Å². The molecule has 0 bridgehead atoms. The number of anilines is 1. The average molecular weight is 308 g/mol. The fraction of sp³-hybridized carbons (Fsp3) is 0.750. The number of aromatic nitrogens is 2. The summed E-state index contributed by atoms with van der Waals surface area (Å²) in [5, 5.41) is 10.0. The first kappa shape index (κ1) is 16.8. The lowest BCUT2D eigenvalue weighted by Gasteiger charge is -2.22. The molecule has 1 aliphatic heterocycles. The van der Waals surface area contributed by atoms with Crippen molar-refractivity contribution in [2.24, 2.45) is 17.8 Å². The molecule has 0 radical (unpaired) electrons. The summed E-state index contributed by atoms with van der Waals surface area (Å²) in [6.45, 7) is 10.9. The van der Waals surface area contributed by atoms with Gasteiger partial charge in [0, 0.05) is 31.8 Å². The van der Waals surface area contributed by atoms with E-state index in [9.17, 15) is 4.79 Å². The molecule has 2 rings (SSSR count). The van der Waals surface area contributed by atoms with Crippen molar-refractivity contribution in [2.75, 3.05) is 18.5 Å². The largest absolute Gasteiger partial charge is 0.378 e. The monoisotopic (exact) mass is 308 g/mol. The summed E-state index contributed by atoms with van der Waals surface area (Å²) in [4.78, 5) is 12.0. The van der Waals surface area contributed by atoms with Gasteiger partial charge in [-0.15, -0.1) is 0 Å². The number of nitrogens with zero attached hydrogens (tertiary/aromatic N) is 2. The second kappa shape index (κ2) is 7.63. The van der Waals surface area contributed by atoms with Gasteiger partial charge in [0.15, 0.2) is 0 Å². The van der Waals surface area contributed by atoms with Crippen molar-refractivity contribution in [1.82, 2.24) is 15.1 Å². The third-order valence-corrected chi connectivity index (χ3v) is 3.89. The van der Waals surface area contributed by atoms with Gasteiger partial charge in [-0.3, -0.25) is 4.68 Å². The van der Waals surface area contributed by atoms with E-state index in [2.05, 4.69) is 43.4 Å². The van der Waals surface area contributed by atoms with Crippen LogP contribution in [-0.4, -0.2) is 35.1 Å². The molecule has 0 aromatic carbocycles. The zero-order valence-corrected chi connectivity index (χ0v) is 14.0. The summed E-state index contributed by atoms with van der Waals surface area (Å²) in [7, 11) is 0. The highest BCUT2D eigenvalue weighted by molar-refractivity contribution is 5.88. The minimum atomic E-state index is -0.182. The third kappa shape index (κ3) is 4.73. The van der Waals surface area contributed by atoms with E-state index in [0.717, 1.165) is 25.3 Å². The number of ether oxygens (including phenoxy) is 1. The fourth-order valence-electron chi connectivity index (χ4n) is 2.91. The number of rotatable bonds is 6. The Labute approximate surface area is 132 Å². The Bertz CT molecular complexity index is 484. The summed E-state index contributed by atoms with van der Waals surface area (Å²) in [5.41, 5.74) is 0.723. The van der Waals surface area contributed by atoms with Crippen molar-refractivity contribution in [3.05, 3.63) is 12.4 Å². The number of urea groups is 1. The zero-order valence-electron chi connectivity index (χ0n) is 14.0. The van der Waals surface area contributed by atoms with Gasteiger partial charge in [0.05, 0.1) is 18.0 Å². The maximum Gasteiger partial charge on any atom is 0.319 e. The Hall–Kier alpha value is -1.56. The van der Waals surface area contributed by atoms with E-state index in [0.29, 0.717) is 24.3 Å². The molecular formula is C16H28N4O2. The highest BCUT2D eigenvalue weighted by atomic mass is 16.5. The molecule has 1 aliphatic rings. The molecule has 1 aromatic heterocycles. The normalized spacial score (nSPS) is 21.5. The first-order chi connectivity index (χ1) is 10.5. The van der Waals surface area contributed by atoms with Gasteiger partial charge in [0.2, 0.25) is 0 Å². The van der Waals surface area contributed by atoms with Gasteiger partial charge < -0.3 is 15.4 Å². The Kier molecular flexibility index (Phi) is 5.83. The number of amides is 2. The van der Waals surface area contributed by atoms with Crippen molar-refractivity contribution in [2.45, 2.75) is 46.8 Å². The van der Waals surface area contributed by atoms with E-state index in [1.165, 1.54) is 0 Å². The van der Waals surface area contributed by atoms with Gasteiger partial charge in [-0.05, 0) is 18.3 Å². The van der Waals surface area contributed by atoms with Crippen molar-refractivity contribution >= 4 is 11.7 Å². The molecule has 0 aliphatic carbocycles. The lowest BCUT2D eigenvalue weighted by Crippen LogP contribution is -2.37. The lowest BCUT2D eigenvalue weighted by atomic mass is 9.93.